The van der Waals surface area contributed by atoms with E-state index in [1.165, 1.54) is 0 Å². The fraction of sp³-hybridized carbons (Fsp3) is 0.417. The van der Waals surface area contributed by atoms with Crippen molar-refractivity contribution >= 4 is 22.4 Å². The Morgan fingerprint density at radius 3 is 2.29 bits per heavy atom. The van der Waals surface area contributed by atoms with Crippen LogP contribution in [0.4, 0.5) is 37.7 Å². The number of nitro benzene ring substituents is 1. The number of nitro groups is 1. The summed E-state index contributed by atoms with van der Waals surface area (Å²) in [6.45, 7) is 0. The number of rotatable bonds is 3. The molecule has 1 heterocycles. The normalized spacial score (nSPS) is 15.8. The van der Waals surface area contributed by atoms with Gasteiger partial charge in [0.25, 0.3) is 5.69 Å². The standard InChI is InChI=1S/C12H8F6N4O2/c13-11(14,15)5-3-6(22(23)24)8-9(7(5)19-4-1-2-4)21-10(20-8)12(16,17)18/h3-4,19H,1-2H2,(H,20,21). The molecule has 1 saturated carbocycles. The van der Waals surface area contributed by atoms with Crippen LogP contribution in [-0.2, 0) is 12.4 Å². The highest BCUT2D eigenvalue weighted by Crippen LogP contribution is 2.44. The lowest BCUT2D eigenvalue weighted by atomic mass is 10.1. The van der Waals surface area contributed by atoms with Crippen molar-refractivity contribution in [3.05, 3.63) is 27.6 Å². The topological polar surface area (TPSA) is 83.8 Å². The fourth-order valence-electron chi connectivity index (χ4n) is 2.23. The van der Waals surface area contributed by atoms with Crippen molar-refractivity contribution in [3.63, 3.8) is 0 Å². The number of aromatic amines is 1. The molecule has 6 nitrogen and oxygen atoms in total. The first-order valence-corrected chi connectivity index (χ1v) is 6.60. The van der Waals surface area contributed by atoms with Crippen LogP contribution >= 0.6 is 0 Å². The summed E-state index contributed by atoms with van der Waals surface area (Å²) in [5.74, 6) is -1.60. The van der Waals surface area contributed by atoms with Gasteiger partial charge in [0.05, 0.1) is 16.2 Å². The maximum absolute atomic E-state index is 13.2. The van der Waals surface area contributed by atoms with E-state index in [9.17, 15) is 36.5 Å². The number of fused-ring (bicyclic) bond motifs is 1. The van der Waals surface area contributed by atoms with Crippen LogP contribution < -0.4 is 5.32 Å². The average Bonchev–Trinajstić information content (AvgIpc) is 3.11. The van der Waals surface area contributed by atoms with Gasteiger partial charge >= 0.3 is 12.4 Å². The predicted octanol–water partition coefficient (Wildman–Crippen LogP) is 4.08. The van der Waals surface area contributed by atoms with E-state index in [0.717, 1.165) is 0 Å². The van der Waals surface area contributed by atoms with E-state index in [4.69, 9.17) is 0 Å². The summed E-state index contributed by atoms with van der Waals surface area (Å²) in [7, 11) is 0. The highest BCUT2D eigenvalue weighted by molar-refractivity contribution is 5.97. The summed E-state index contributed by atoms with van der Waals surface area (Å²) in [4.78, 5) is 14.7. The maximum Gasteiger partial charge on any atom is 0.449 e. The Morgan fingerprint density at radius 2 is 1.83 bits per heavy atom. The third-order valence-corrected chi connectivity index (χ3v) is 3.44. The lowest BCUT2D eigenvalue weighted by molar-refractivity contribution is -0.383. The minimum atomic E-state index is -4.99. The first kappa shape index (κ1) is 16.3. The number of alkyl halides is 6. The minimum absolute atomic E-state index is 0.214. The molecule has 12 heteroatoms. The zero-order valence-electron chi connectivity index (χ0n) is 11.5. The highest BCUT2D eigenvalue weighted by atomic mass is 19.4. The van der Waals surface area contributed by atoms with E-state index in [-0.39, 0.29) is 12.1 Å². The molecule has 130 valence electrons. The summed E-state index contributed by atoms with van der Waals surface area (Å²) in [6, 6.07) is -0.118. The van der Waals surface area contributed by atoms with Crippen LogP contribution in [0.1, 0.15) is 24.2 Å². The van der Waals surface area contributed by atoms with Gasteiger partial charge in [-0.15, -0.1) is 0 Å². The van der Waals surface area contributed by atoms with E-state index in [0.29, 0.717) is 12.8 Å². The number of aromatic nitrogens is 2. The second kappa shape index (κ2) is 4.98. The molecule has 2 aromatic rings. The Morgan fingerprint density at radius 1 is 1.21 bits per heavy atom. The van der Waals surface area contributed by atoms with Crippen LogP contribution in [0, 0.1) is 10.1 Å². The van der Waals surface area contributed by atoms with Gasteiger partial charge in [-0.2, -0.15) is 26.3 Å². The van der Waals surface area contributed by atoms with E-state index < -0.39 is 51.1 Å². The van der Waals surface area contributed by atoms with Gasteiger partial charge in [0.2, 0.25) is 5.82 Å². The fourth-order valence-corrected chi connectivity index (χ4v) is 2.23. The second-order valence-electron chi connectivity index (χ2n) is 5.30. The molecule has 2 N–H and O–H groups in total. The zero-order chi connectivity index (χ0) is 17.9. The van der Waals surface area contributed by atoms with Crippen molar-refractivity contribution in [2.75, 3.05) is 5.32 Å². The molecule has 0 saturated heterocycles. The van der Waals surface area contributed by atoms with Crippen LogP contribution in [0.3, 0.4) is 0 Å². The lowest BCUT2D eigenvalue weighted by Gasteiger charge is -2.14. The van der Waals surface area contributed by atoms with Gasteiger partial charge in [0.1, 0.15) is 11.0 Å². The van der Waals surface area contributed by atoms with Crippen LogP contribution in [-0.4, -0.2) is 20.9 Å². The molecule has 1 aromatic carbocycles. The molecule has 0 bridgehead atoms. The second-order valence-corrected chi connectivity index (χ2v) is 5.30. The summed E-state index contributed by atoms with van der Waals surface area (Å²) in [6.07, 6.45) is -8.88. The molecular formula is C12H8F6N4O2. The average molecular weight is 354 g/mol. The van der Waals surface area contributed by atoms with Gasteiger partial charge in [-0.25, -0.2) is 4.98 Å². The Kier molecular flexibility index (Phi) is 3.39. The molecule has 1 aromatic heterocycles. The molecule has 0 amide bonds. The molecule has 1 fully saturated rings. The minimum Gasteiger partial charge on any atom is -0.380 e. The van der Waals surface area contributed by atoms with Crippen molar-refractivity contribution in [1.29, 1.82) is 0 Å². The molecule has 3 rings (SSSR count). The van der Waals surface area contributed by atoms with Crippen LogP contribution in [0.25, 0.3) is 11.0 Å². The van der Waals surface area contributed by atoms with E-state index in [1.807, 2.05) is 0 Å². The number of benzene rings is 1. The lowest BCUT2D eigenvalue weighted by Crippen LogP contribution is -2.13. The van der Waals surface area contributed by atoms with Gasteiger partial charge in [-0.1, -0.05) is 0 Å². The number of imidazole rings is 1. The van der Waals surface area contributed by atoms with E-state index >= 15 is 0 Å². The van der Waals surface area contributed by atoms with Gasteiger partial charge in [0.15, 0.2) is 0 Å². The summed E-state index contributed by atoms with van der Waals surface area (Å²) < 4.78 is 78.0. The Balaban J connectivity index is 2.35. The van der Waals surface area contributed by atoms with Crippen molar-refractivity contribution in [3.8, 4) is 0 Å². The molecule has 0 aliphatic heterocycles. The summed E-state index contributed by atoms with van der Waals surface area (Å²) in [5, 5.41) is 13.5. The molecule has 1 aliphatic carbocycles. The van der Waals surface area contributed by atoms with Crippen LogP contribution in [0.2, 0.25) is 0 Å². The highest BCUT2D eigenvalue weighted by Gasteiger charge is 2.42. The molecule has 1 aliphatic rings. The number of anilines is 1. The Labute approximate surface area is 129 Å². The van der Waals surface area contributed by atoms with E-state index in [2.05, 4.69) is 10.3 Å². The molecule has 0 atom stereocenters. The number of halogens is 6. The first-order valence-electron chi connectivity index (χ1n) is 6.60. The van der Waals surface area contributed by atoms with Crippen molar-refractivity contribution in [1.82, 2.24) is 9.97 Å². The third kappa shape index (κ3) is 2.83. The number of H-pyrrole nitrogens is 1. The number of nitrogens with zero attached hydrogens (tertiary/aromatic N) is 2. The van der Waals surface area contributed by atoms with Gasteiger partial charge < -0.3 is 10.3 Å². The zero-order valence-corrected chi connectivity index (χ0v) is 11.5. The Hall–Kier alpha value is -2.53. The van der Waals surface area contributed by atoms with Gasteiger partial charge in [0, 0.05) is 12.1 Å². The van der Waals surface area contributed by atoms with Crippen molar-refractivity contribution < 1.29 is 31.3 Å². The Bertz CT molecular complexity index is 822. The smallest absolute Gasteiger partial charge is 0.380 e. The van der Waals surface area contributed by atoms with Crippen molar-refractivity contribution in [2.45, 2.75) is 31.2 Å². The molecule has 0 radical (unpaired) electrons. The van der Waals surface area contributed by atoms with Gasteiger partial charge in [-0.05, 0) is 12.8 Å². The largest absolute Gasteiger partial charge is 0.449 e. The molecule has 0 spiro atoms. The van der Waals surface area contributed by atoms with Crippen LogP contribution in [0.5, 0.6) is 0 Å². The first-order chi connectivity index (χ1) is 11.0. The number of hydrogen-bond donors (Lipinski definition) is 2. The number of hydrogen-bond acceptors (Lipinski definition) is 4. The quantitative estimate of drug-likeness (QED) is 0.494. The van der Waals surface area contributed by atoms with Crippen LogP contribution in [0.15, 0.2) is 6.07 Å². The molecule has 24 heavy (non-hydrogen) atoms. The monoisotopic (exact) mass is 354 g/mol. The summed E-state index contributed by atoms with van der Waals surface area (Å²) >= 11 is 0. The SMILES string of the molecule is O=[N+]([O-])c1cc(C(F)(F)F)c(NC2CC2)c2nc(C(F)(F)F)[nH]c12. The summed E-state index contributed by atoms with van der Waals surface area (Å²) in [5.41, 5.74) is -4.69. The van der Waals surface area contributed by atoms with Gasteiger partial charge in [-0.3, -0.25) is 10.1 Å². The number of non-ortho nitro benzene ring substituents is 1. The molecule has 0 unspecified atom stereocenters. The maximum atomic E-state index is 13.2. The van der Waals surface area contributed by atoms with E-state index in [1.54, 1.807) is 4.98 Å². The number of nitrogens with one attached hydrogen (secondary N) is 2. The predicted molar refractivity (Wildman–Crippen MR) is 69.4 cm³/mol. The third-order valence-electron chi connectivity index (χ3n) is 3.44. The van der Waals surface area contributed by atoms with Crippen molar-refractivity contribution in [2.24, 2.45) is 0 Å². The molecular weight excluding hydrogens is 346 g/mol.